The van der Waals surface area contributed by atoms with Crippen molar-refractivity contribution in [3.8, 4) is 0 Å². The molecule has 0 radical (unpaired) electrons. The van der Waals surface area contributed by atoms with E-state index in [0.717, 1.165) is 12.3 Å². The molecule has 8 nitrogen and oxygen atoms in total. The number of carbonyl (C=O) groups is 1. The highest BCUT2D eigenvalue weighted by Crippen LogP contribution is 2.07. The smallest absolute Gasteiger partial charge is 0.337 e. The third kappa shape index (κ3) is 5.38. The summed E-state index contributed by atoms with van der Waals surface area (Å²) in [6.07, 6.45) is 0.299. The second-order valence-corrected chi connectivity index (χ2v) is 5.60. The largest absolute Gasteiger partial charge is 0.478 e. The molecule has 0 bridgehead atoms. The summed E-state index contributed by atoms with van der Waals surface area (Å²) < 4.78 is 36.7. The maximum atomic E-state index is 12.0. The van der Waals surface area contributed by atoms with Crippen LogP contribution in [0.15, 0.2) is 23.4 Å². The molecule has 1 aromatic heterocycles. The van der Waals surface area contributed by atoms with E-state index in [1.807, 2.05) is 0 Å². The first-order valence-electron chi connectivity index (χ1n) is 6.33. The molecule has 9 heteroatoms. The number of hydrogen-bond donors (Lipinski definition) is 2. The van der Waals surface area contributed by atoms with Crippen molar-refractivity contribution >= 4 is 16.0 Å². The fourth-order valence-corrected chi connectivity index (χ4v) is 2.40. The summed E-state index contributed by atoms with van der Waals surface area (Å²) in [7, 11) is -3.85. The maximum absolute atomic E-state index is 12.0. The van der Waals surface area contributed by atoms with Crippen LogP contribution in [0.25, 0.3) is 0 Å². The summed E-state index contributed by atoms with van der Waals surface area (Å²) in [5, 5.41) is 8.47. The summed E-state index contributed by atoms with van der Waals surface area (Å²) in [4.78, 5) is 14.3. The predicted octanol–water partition coefficient (Wildman–Crippen LogP) is 0.457. The zero-order chi connectivity index (χ0) is 15.9. The normalized spacial score (nSPS) is 11.8. The maximum Gasteiger partial charge on any atom is 0.337 e. The highest BCUT2D eigenvalue weighted by atomic mass is 32.2. The number of aromatic carboxylic acids is 1. The van der Waals surface area contributed by atoms with E-state index in [1.54, 1.807) is 13.8 Å². The van der Waals surface area contributed by atoms with E-state index in [9.17, 15) is 13.2 Å². The van der Waals surface area contributed by atoms with Gasteiger partial charge in [0.1, 0.15) is 0 Å². The highest BCUT2D eigenvalue weighted by molar-refractivity contribution is 7.89. The topological polar surface area (TPSA) is 115 Å². The Morgan fingerprint density at radius 2 is 1.95 bits per heavy atom. The quantitative estimate of drug-likeness (QED) is 0.635. The van der Waals surface area contributed by atoms with Crippen LogP contribution in [0.3, 0.4) is 0 Å². The Bertz CT molecular complexity index is 552. The van der Waals surface area contributed by atoms with Crippen molar-refractivity contribution in [3.05, 3.63) is 23.9 Å². The van der Waals surface area contributed by atoms with Crippen LogP contribution in [-0.4, -0.2) is 50.5 Å². The van der Waals surface area contributed by atoms with Crippen molar-refractivity contribution < 1.29 is 27.8 Å². The molecule has 0 aromatic carbocycles. The second-order valence-electron chi connectivity index (χ2n) is 3.88. The summed E-state index contributed by atoms with van der Waals surface area (Å²) >= 11 is 0. The van der Waals surface area contributed by atoms with E-state index in [4.69, 9.17) is 14.6 Å². The van der Waals surface area contributed by atoms with Crippen molar-refractivity contribution in [2.45, 2.75) is 25.2 Å². The number of nitrogens with zero attached hydrogens (tertiary/aromatic N) is 1. The Morgan fingerprint density at radius 3 is 2.38 bits per heavy atom. The molecule has 0 aliphatic rings. The molecule has 0 spiro atoms. The zero-order valence-electron chi connectivity index (χ0n) is 11.8. The molecule has 0 saturated carbocycles. The van der Waals surface area contributed by atoms with Crippen LogP contribution in [-0.2, 0) is 19.5 Å². The Balaban J connectivity index is 2.74. The molecule has 0 amide bonds. The number of nitrogens with one attached hydrogen (secondary N) is 1. The molecule has 118 valence electrons. The summed E-state index contributed by atoms with van der Waals surface area (Å²) in [5.41, 5.74) is -0.0875. The molecule has 0 aliphatic carbocycles. The van der Waals surface area contributed by atoms with Crippen LogP contribution in [0.4, 0.5) is 0 Å². The second kappa shape index (κ2) is 8.03. The Labute approximate surface area is 123 Å². The Hall–Kier alpha value is -1.55. The van der Waals surface area contributed by atoms with E-state index in [0.29, 0.717) is 13.2 Å². The van der Waals surface area contributed by atoms with Gasteiger partial charge in [0, 0.05) is 19.4 Å². The van der Waals surface area contributed by atoms with E-state index >= 15 is 0 Å². The standard InChI is InChI=1S/C12H18N2O6S/c1-3-19-11(20-4-2)8-14-21(17,18)10-6-5-9(7-13-10)12(15)16/h5-7,11,14H,3-4,8H2,1-2H3,(H,15,16). The van der Waals surface area contributed by atoms with Crippen LogP contribution in [0.5, 0.6) is 0 Å². The van der Waals surface area contributed by atoms with Gasteiger partial charge in [0.15, 0.2) is 11.3 Å². The van der Waals surface area contributed by atoms with Crippen molar-refractivity contribution in [2.24, 2.45) is 0 Å². The lowest BCUT2D eigenvalue weighted by atomic mass is 10.3. The average molecular weight is 318 g/mol. The number of carboxylic acid groups (broad SMARTS) is 1. The minimum Gasteiger partial charge on any atom is -0.478 e. The van der Waals surface area contributed by atoms with Crippen LogP contribution < -0.4 is 4.72 Å². The molecule has 2 N–H and O–H groups in total. The van der Waals surface area contributed by atoms with Gasteiger partial charge in [-0.15, -0.1) is 0 Å². The summed E-state index contributed by atoms with van der Waals surface area (Å²) in [6.45, 7) is 4.25. The number of pyridine rings is 1. The van der Waals surface area contributed by atoms with Crippen LogP contribution in [0.2, 0.25) is 0 Å². The van der Waals surface area contributed by atoms with Crippen molar-refractivity contribution in [1.82, 2.24) is 9.71 Å². The lowest BCUT2D eigenvalue weighted by Crippen LogP contribution is -2.35. The molecule has 0 fully saturated rings. The lowest BCUT2D eigenvalue weighted by molar-refractivity contribution is -0.130. The molecule has 1 rings (SSSR count). The summed E-state index contributed by atoms with van der Waals surface area (Å²) in [6, 6.07) is 2.30. The van der Waals surface area contributed by atoms with Gasteiger partial charge in [0.25, 0.3) is 10.0 Å². The van der Waals surface area contributed by atoms with E-state index in [1.165, 1.54) is 6.07 Å². The average Bonchev–Trinajstić information content (AvgIpc) is 2.45. The first kappa shape index (κ1) is 17.5. The van der Waals surface area contributed by atoms with Crippen LogP contribution >= 0.6 is 0 Å². The van der Waals surface area contributed by atoms with Gasteiger partial charge < -0.3 is 14.6 Å². The molecule has 1 aromatic rings. The highest BCUT2D eigenvalue weighted by Gasteiger charge is 2.19. The first-order valence-corrected chi connectivity index (χ1v) is 7.81. The van der Waals surface area contributed by atoms with E-state index in [-0.39, 0.29) is 17.1 Å². The van der Waals surface area contributed by atoms with Crippen molar-refractivity contribution in [2.75, 3.05) is 19.8 Å². The predicted molar refractivity (Wildman–Crippen MR) is 73.4 cm³/mol. The third-order valence-electron chi connectivity index (χ3n) is 2.40. The van der Waals surface area contributed by atoms with E-state index in [2.05, 4.69) is 9.71 Å². The van der Waals surface area contributed by atoms with Gasteiger partial charge in [-0.2, -0.15) is 0 Å². The monoisotopic (exact) mass is 318 g/mol. The number of carboxylic acids is 1. The Morgan fingerprint density at radius 1 is 1.33 bits per heavy atom. The molecular weight excluding hydrogens is 300 g/mol. The van der Waals surface area contributed by atoms with Crippen LogP contribution in [0, 0.1) is 0 Å². The minimum atomic E-state index is -3.85. The van der Waals surface area contributed by atoms with Gasteiger partial charge >= 0.3 is 5.97 Å². The van der Waals surface area contributed by atoms with Gasteiger partial charge in [0.05, 0.1) is 12.1 Å². The fraction of sp³-hybridized carbons (Fsp3) is 0.500. The Kier molecular flexibility index (Phi) is 6.69. The number of aromatic nitrogens is 1. The van der Waals surface area contributed by atoms with Gasteiger partial charge in [-0.25, -0.2) is 22.9 Å². The number of hydrogen-bond acceptors (Lipinski definition) is 6. The van der Waals surface area contributed by atoms with Crippen LogP contribution in [0.1, 0.15) is 24.2 Å². The molecule has 0 unspecified atom stereocenters. The fourth-order valence-electron chi connectivity index (χ4n) is 1.46. The number of sulfonamides is 1. The van der Waals surface area contributed by atoms with Gasteiger partial charge in [-0.1, -0.05) is 0 Å². The van der Waals surface area contributed by atoms with Gasteiger partial charge in [-0.3, -0.25) is 0 Å². The SMILES string of the molecule is CCOC(CNS(=O)(=O)c1ccc(C(=O)O)cn1)OCC. The molecule has 1 heterocycles. The molecular formula is C12H18N2O6S. The van der Waals surface area contributed by atoms with Crippen molar-refractivity contribution in [1.29, 1.82) is 0 Å². The first-order chi connectivity index (χ1) is 9.90. The third-order valence-corrected chi connectivity index (χ3v) is 3.74. The lowest BCUT2D eigenvalue weighted by Gasteiger charge is -2.17. The van der Waals surface area contributed by atoms with Crippen molar-refractivity contribution in [3.63, 3.8) is 0 Å². The molecule has 21 heavy (non-hydrogen) atoms. The van der Waals surface area contributed by atoms with E-state index < -0.39 is 22.3 Å². The number of rotatable bonds is 9. The molecule has 0 atom stereocenters. The zero-order valence-corrected chi connectivity index (χ0v) is 12.6. The minimum absolute atomic E-state index is 0.0631. The van der Waals surface area contributed by atoms with Gasteiger partial charge in [-0.05, 0) is 26.0 Å². The molecule has 0 aliphatic heterocycles. The van der Waals surface area contributed by atoms with Gasteiger partial charge in [0.2, 0.25) is 0 Å². The number of ether oxygens (including phenoxy) is 2. The molecule has 0 saturated heterocycles. The summed E-state index contributed by atoms with van der Waals surface area (Å²) in [5.74, 6) is -1.17.